The fourth-order valence-corrected chi connectivity index (χ4v) is 14.3. The molecule has 0 aromatic heterocycles. The largest absolute Gasteiger partial charge is 0.394 e. The maximum Gasteiger partial charge on any atom is 0.249 e. The van der Waals surface area contributed by atoms with Crippen LogP contribution < -0.4 is 5.32 Å². The van der Waals surface area contributed by atoms with E-state index >= 15 is 0 Å². The molecule has 0 saturated carbocycles. The normalized spacial score (nSPS) is 18.1. The number of aliphatic hydroxyl groups excluding tert-OH is 7. The van der Waals surface area contributed by atoms with E-state index in [9.17, 15) is 40.5 Å². The Morgan fingerprint density at radius 2 is 0.621 bits per heavy atom. The number of nitrogens with one attached hydrogen (secondary N) is 1. The van der Waals surface area contributed by atoms with Crippen LogP contribution in [0.2, 0.25) is 0 Å². The minimum atomic E-state index is -1.67. The van der Waals surface area contributed by atoms with Gasteiger partial charge in [0.05, 0.1) is 25.4 Å². The van der Waals surface area contributed by atoms with Gasteiger partial charge in [0.15, 0.2) is 6.29 Å². The number of carbonyl (C=O) groups is 1. The third kappa shape index (κ3) is 59.1. The average Bonchev–Trinajstić information content (AvgIpc) is 0.832. The minimum Gasteiger partial charge on any atom is -0.394 e. The van der Waals surface area contributed by atoms with E-state index < -0.39 is 74.2 Å². The summed E-state index contributed by atoms with van der Waals surface area (Å²) in [7, 11) is 0. The Morgan fingerprint density at radius 1 is 0.358 bits per heavy atom. The quantitative estimate of drug-likeness (QED) is 0.0215. The highest BCUT2D eigenvalue weighted by molar-refractivity contribution is 5.80. The third-order valence-electron chi connectivity index (χ3n) is 21.1. The van der Waals surface area contributed by atoms with Crippen molar-refractivity contribution in [2.45, 2.75) is 506 Å². The maximum absolute atomic E-state index is 13.3. The lowest BCUT2D eigenvalue weighted by Crippen LogP contribution is -2.60. The van der Waals surface area contributed by atoms with Crippen molar-refractivity contribution in [2.24, 2.45) is 0 Å². The van der Waals surface area contributed by atoms with Crippen LogP contribution >= 0.6 is 0 Å². The minimum absolute atomic E-state index is 0.260. The Bertz CT molecular complexity index is 1550. The van der Waals surface area contributed by atoms with E-state index in [-0.39, 0.29) is 12.8 Å². The van der Waals surface area contributed by atoms with Gasteiger partial charge < -0.3 is 50.5 Å². The van der Waals surface area contributed by atoms with Crippen molar-refractivity contribution in [1.29, 1.82) is 0 Å². The number of ether oxygens (including phenoxy) is 2. The first-order chi connectivity index (χ1) is 46.7. The Morgan fingerprint density at radius 3 is 0.905 bits per heavy atom. The highest BCUT2D eigenvalue weighted by Gasteiger charge is 2.44. The van der Waals surface area contributed by atoms with Crippen molar-refractivity contribution in [2.75, 3.05) is 13.2 Å². The summed E-state index contributed by atoms with van der Waals surface area (Å²) < 4.78 is 11.2. The van der Waals surface area contributed by atoms with Gasteiger partial charge in [-0.15, -0.1) is 0 Å². The summed E-state index contributed by atoms with van der Waals surface area (Å²) >= 11 is 0. The monoisotopic (exact) mass is 1350 g/mol. The van der Waals surface area contributed by atoms with Crippen LogP contribution in [0.4, 0.5) is 0 Å². The zero-order chi connectivity index (χ0) is 68.8. The van der Waals surface area contributed by atoms with Crippen molar-refractivity contribution in [1.82, 2.24) is 5.32 Å². The fourth-order valence-electron chi connectivity index (χ4n) is 14.3. The number of aliphatic hydroxyl groups is 7. The molecule has 0 aliphatic carbocycles. The van der Waals surface area contributed by atoms with Crippen LogP contribution in [0.5, 0.6) is 0 Å². The first-order valence-corrected chi connectivity index (χ1v) is 42.6. The lowest BCUT2D eigenvalue weighted by Gasteiger charge is -2.40. The first-order valence-electron chi connectivity index (χ1n) is 42.6. The first kappa shape index (κ1) is 91.9. The highest BCUT2D eigenvalue weighted by atomic mass is 16.7. The van der Waals surface area contributed by atoms with Crippen molar-refractivity contribution < 1.29 is 50.0 Å². The van der Waals surface area contributed by atoms with Gasteiger partial charge in [-0.25, -0.2) is 0 Å². The van der Waals surface area contributed by atoms with Crippen LogP contribution in [0, 0.1) is 0 Å². The fraction of sp³-hybridized carbons (Fsp3) is 0.964. The van der Waals surface area contributed by atoms with Crippen LogP contribution in [-0.2, 0) is 14.3 Å². The average molecular weight is 1350 g/mol. The van der Waals surface area contributed by atoms with Crippen LogP contribution in [0.1, 0.15) is 450 Å². The molecule has 0 aromatic carbocycles. The summed E-state index contributed by atoms with van der Waals surface area (Å²) in [5, 5.41) is 76.8. The lowest BCUT2D eigenvalue weighted by atomic mass is 9.98. The molecule has 11 nitrogen and oxygen atoms in total. The van der Waals surface area contributed by atoms with Crippen LogP contribution in [0.25, 0.3) is 0 Å². The molecule has 1 fully saturated rings. The number of unbranched alkanes of at least 4 members (excludes halogenated alkanes) is 63. The number of hydrogen-bond acceptors (Lipinski definition) is 10. The second-order valence-electron chi connectivity index (χ2n) is 30.3. The van der Waals surface area contributed by atoms with E-state index in [1.54, 1.807) is 0 Å². The van der Waals surface area contributed by atoms with Gasteiger partial charge in [-0.05, 0) is 38.5 Å². The molecule has 0 aromatic rings. The Labute approximate surface area is 589 Å². The van der Waals surface area contributed by atoms with Gasteiger partial charge in [-0.1, -0.05) is 424 Å². The molecule has 9 unspecified atom stereocenters. The van der Waals surface area contributed by atoms with E-state index in [4.69, 9.17) is 9.47 Å². The van der Waals surface area contributed by atoms with E-state index in [2.05, 4.69) is 31.3 Å². The Hall–Kier alpha value is -1.15. The number of amides is 1. The summed E-state index contributed by atoms with van der Waals surface area (Å²) in [6.45, 7) is 3.53. The van der Waals surface area contributed by atoms with Gasteiger partial charge in [0.1, 0.15) is 36.6 Å². The summed E-state index contributed by atoms with van der Waals surface area (Å²) in [6, 6.07) is -1.18. The van der Waals surface area contributed by atoms with Gasteiger partial charge in [0.2, 0.25) is 5.91 Å². The van der Waals surface area contributed by atoms with Crippen molar-refractivity contribution in [3.05, 3.63) is 12.2 Å². The molecule has 566 valence electrons. The number of carbonyl (C=O) groups excluding carboxylic acids is 1. The standard InChI is InChI=1S/C84H165NO10/c1-3-5-7-9-11-13-15-17-19-21-23-25-27-29-31-33-35-37-38-39-40-42-44-46-48-50-52-54-56-58-60-62-64-66-68-70-72-77(88)83(93)85-75(74-94-84-82(92)81(91)80(90)78(73-86)95-84)79(89)76(87)71-69-67-65-63-61-59-57-55-53-51-49-47-45-43-41-36-34-32-30-28-26-24-22-20-18-16-14-12-10-8-6-4-2/h63,65,75-82,84,86-92H,3-62,64,66-74H2,1-2H3,(H,85,93)/b65-63+. The molecular formula is C84H165NO10. The zero-order valence-corrected chi connectivity index (χ0v) is 63.2. The molecule has 0 spiro atoms. The molecule has 0 bridgehead atoms. The molecule has 9 atom stereocenters. The molecule has 1 aliphatic heterocycles. The second-order valence-corrected chi connectivity index (χ2v) is 30.3. The summed E-state index contributed by atoms with van der Waals surface area (Å²) in [5.74, 6) is -0.695. The summed E-state index contributed by atoms with van der Waals surface area (Å²) in [4.78, 5) is 13.3. The Kier molecular flexibility index (Phi) is 70.2. The van der Waals surface area contributed by atoms with Crippen LogP contribution in [0.15, 0.2) is 12.2 Å². The lowest BCUT2D eigenvalue weighted by molar-refractivity contribution is -0.303. The van der Waals surface area contributed by atoms with Gasteiger partial charge >= 0.3 is 0 Å². The molecule has 1 heterocycles. The summed E-state index contributed by atoms with van der Waals surface area (Å²) in [5.41, 5.74) is 0. The molecule has 95 heavy (non-hydrogen) atoms. The molecule has 1 aliphatic rings. The van der Waals surface area contributed by atoms with Crippen molar-refractivity contribution in [3.8, 4) is 0 Å². The SMILES string of the molecule is CCCCCCCCCCCCCCCCCCCCCCCCCCCCC/C=C/CCCC(O)C(O)C(COC1OC(CO)C(O)C(O)C1O)NC(=O)C(O)CCCCCCCCCCCCCCCCCCCCCCCCCCCCCCCCCCCCCC. The van der Waals surface area contributed by atoms with E-state index in [1.165, 1.54) is 379 Å². The molecule has 1 rings (SSSR count). The smallest absolute Gasteiger partial charge is 0.249 e. The molecule has 8 N–H and O–H groups in total. The summed E-state index contributed by atoms with van der Waals surface area (Å²) in [6.07, 6.45) is 82.2. The van der Waals surface area contributed by atoms with Gasteiger partial charge in [-0.2, -0.15) is 0 Å². The van der Waals surface area contributed by atoms with Gasteiger partial charge in [0.25, 0.3) is 0 Å². The molecule has 1 amide bonds. The number of hydrogen-bond donors (Lipinski definition) is 8. The maximum atomic E-state index is 13.3. The van der Waals surface area contributed by atoms with Gasteiger partial charge in [-0.3, -0.25) is 4.79 Å². The van der Waals surface area contributed by atoms with Gasteiger partial charge in [0, 0.05) is 0 Å². The van der Waals surface area contributed by atoms with E-state index in [0.717, 1.165) is 32.1 Å². The predicted molar refractivity (Wildman–Crippen MR) is 404 cm³/mol. The van der Waals surface area contributed by atoms with Crippen molar-refractivity contribution >= 4 is 5.91 Å². The van der Waals surface area contributed by atoms with Crippen LogP contribution in [0.3, 0.4) is 0 Å². The Balaban J connectivity index is 2.10. The molecule has 11 heteroatoms. The predicted octanol–water partition coefficient (Wildman–Crippen LogP) is 22.5. The zero-order valence-electron chi connectivity index (χ0n) is 63.2. The molecule has 0 radical (unpaired) electrons. The van der Waals surface area contributed by atoms with E-state index in [0.29, 0.717) is 12.8 Å². The number of allylic oxidation sites excluding steroid dienone is 2. The van der Waals surface area contributed by atoms with E-state index in [1.807, 2.05) is 0 Å². The third-order valence-corrected chi connectivity index (χ3v) is 21.1. The molecule has 1 saturated heterocycles. The van der Waals surface area contributed by atoms with Crippen LogP contribution in [-0.4, -0.2) is 110 Å². The topological polar surface area (TPSA) is 189 Å². The van der Waals surface area contributed by atoms with Crippen molar-refractivity contribution in [3.63, 3.8) is 0 Å². The molecular weight excluding hydrogens is 1180 g/mol. The second kappa shape index (κ2) is 72.6. The number of rotatable bonds is 77. The highest BCUT2D eigenvalue weighted by Crippen LogP contribution is 2.25.